The Balaban J connectivity index is 2.54. The van der Waals surface area contributed by atoms with Crippen molar-refractivity contribution < 1.29 is 18.7 Å². The van der Waals surface area contributed by atoms with Gasteiger partial charge in [0.05, 0.1) is 7.11 Å². The average Bonchev–Trinajstić information content (AvgIpc) is 2.70. The minimum Gasteiger partial charge on any atom is -0.463 e. The predicted molar refractivity (Wildman–Crippen MR) is 57.6 cm³/mol. The summed E-state index contributed by atoms with van der Waals surface area (Å²) >= 11 is 0. The van der Waals surface area contributed by atoms with Crippen LogP contribution in [0.5, 0.6) is 0 Å². The number of hydrogen-bond donors (Lipinski definition) is 0. The Morgan fingerprint density at radius 1 is 1.25 bits per heavy atom. The highest BCUT2D eigenvalue weighted by molar-refractivity contribution is 5.99. The van der Waals surface area contributed by atoms with Crippen molar-refractivity contribution in [3.63, 3.8) is 0 Å². The zero-order chi connectivity index (χ0) is 11.7. The molecule has 0 bridgehead atoms. The topological polar surface area (TPSA) is 56.5 Å². The molecule has 2 aromatic rings. The Labute approximate surface area is 91.8 Å². The van der Waals surface area contributed by atoms with E-state index >= 15 is 0 Å². The molecular weight excluding hydrogens is 208 g/mol. The van der Waals surface area contributed by atoms with E-state index in [-0.39, 0.29) is 11.5 Å². The first-order valence-electron chi connectivity index (χ1n) is 4.74. The van der Waals surface area contributed by atoms with E-state index in [4.69, 9.17) is 4.42 Å². The van der Waals surface area contributed by atoms with Gasteiger partial charge in [-0.1, -0.05) is 0 Å². The summed E-state index contributed by atoms with van der Waals surface area (Å²) in [5, 5.41) is 0.716. The van der Waals surface area contributed by atoms with E-state index in [1.807, 2.05) is 0 Å². The largest absolute Gasteiger partial charge is 0.463 e. The van der Waals surface area contributed by atoms with E-state index in [0.29, 0.717) is 16.5 Å². The van der Waals surface area contributed by atoms with E-state index in [2.05, 4.69) is 4.74 Å². The first-order valence-corrected chi connectivity index (χ1v) is 4.74. The van der Waals surface area contributed by atoms with Crippen LogP contribution >= 0.6 is 0 Å². The first kappa shape index (κ1) is 10.4. The van der Waals surface area contributed by atoms with Crippen LogP contribution in [0.2, 0.25) is 0 Å². The molecule has 0 aliphatic carbocycles. The van der Waals surface area contributed by atoms with Crippen LogP contribution in [0.1, 0.15) is 27.8 Å². The van der Waals surface area contributed by atoms with E-state index in [1.54, 1.807) is 24.3 Å². The number of Topliss-reactive ketones (excluding diaryl/α,β-unsaturated/α-hetero) is 1. The minimum atomic E-state index is -0.527. The highest BCUT2D eigenvalue weighted by Crippen LogP contribution is 2.21. The summed E-state index contributed by atoms with van der Waals surface area (Å²) in [7, 11) is 1.29. The third kappa shape index (κ3) is 1.69. The number of ether oxygens (including phenoxy) is 1. The lowest BCUT2D eigenvalue weighted by molar-refractivity contribution is 0.0567. The van der Waals surface area contributed by atoms with Crippen molar-refractivity contribution >= 4 is 22.7 Å². The molecule has 2 rings (SSSR count). The molecule has 0 unspecified atom stereocenters. The molecular formula is C12H10O4. The lowest BCUT2D eigenvalue weighted by Crippen LogP contribution is -1.97. The highest BCUT2D eigenvalue weighted by atomic mass is 16.5. The van der Waals surface area contributed by atoms with E-state index in [0.717, 1.165) is 0 Å². The SMILES string of the molecule is COC(=O)c1cc2cc(C(C)=O)ccc2o1. The molecule has 82 valence electrons. The van der Waals surface area contributed by atoms with Gasteiger partial charge in [0.2, 0.25) is 5.76 Å². The van der Waals surface area contributed by atoms with Crippen molar-refractivity contribution in [2.24, 2.45) is 0 Å². The van der Waals surface area contributed by atoms with Gasteiger partial charge in [0, 0.05) is 10.9 Å². The molecule has 0 saturated carbocycles. The molecule has 0 amide bonds. The van der Waals surface area contributed by atoms with Crippen LogP contribution in [0.25, 0.3) is 11.0 Å². The second-order valence-corrected chi connectivity index (χ2v) is 3.41. The minimum absolute atomic E-state index is 0.0253. The third-order valence-electron chi connectivity index (χ3n) is 2.31. The van der Waals surface area contributed by atoms with E-state index in [9.17, 15) is 9.59 Å². The summed E-state index contributed by atoms with van der Waals surface area (Å²) in [5.74, 6) is -0.415. The van der Waals surface area contributed by atoms with Crippen molar-refractivity contribution in [2.45, 2.75) is 6.92 Å². The molecule has 0 saturated heterocycles. The summed E-state index contributed by atoms with van der Waals surface area (Å²) < 4.78 is 9.81. The lowest BCUT2D eigenvalue weighted by atomic mass is 10.1. The van der Waals surface area contributed by atoms with Crippen molar-refractivity contribution in [1.29, 1.82) is 0 Å². The number of hydrogen-bond acceptors (Lipinski definition) is 4. The highest BCUT2D eigenvalue weighted by Gasteiger charge is 2.12. The van der Waals surface area contributed by atoms with Crippen molar-refractivity contribution in [3.05, 3.63) is 35.6 Å². The van der Waals surface area contributed by atoms with Crippen LogP contribution < -0.4 is 0 Å². The van der Waals surface area contributed by atoms with Crippen molar-refractivity contribution in [2.75, 3.05) is 7.11 Å². The molecule has 1 aromatic carbocycles. The maximum atomic E-state index is 11.2. The average molecular weight is 218 g/mol. The number of carbonyl (C=O) groups is 2. The summed E-state index contributed by atoms with van der Waals surface area (Å²) in [4.78, 5) is 22.4. The van der Waals surface area contributed by atoms with Gasteiger partial charge in [0.15, 0.2) is 5.78 Å². The number of rotatable bonds is 2. The van der Waals surface area contributed by atoms with Crippen LogP contribution in [0.15, 0.2) is 28.7 Å². The number of fused-ring (bicyclic) bond motifs is 1. The Morgan fingerprint density at radius 3 is 2.62 bits per heavy atom. The zero-order valence-corrected chi connectivity index (χ0v) is 8.94. The van der Waals surface area contributed by atoms with Crippen molar-refractivity contribution in [3.8, 4) is 0 Å². The number of methoxy groups -OCH3 is 1. The molecule has 0 aliphatic rings. The van der Waals surface area contributed by atoms with Gasteiger partial charge in [0.25, 0.3) is 0 Å². The normalized spacial score (nSPS) is 10.4. The third-order valence-corrected chi connectivity index (χ3v) is 2.31. The molecule has 4 heteroatoms. The van der Waals surface area contributed by atoms with Gasteiger partial charge in [0.1, 0.15) is 5.58 Å². The van der Waals surface area contributed by atoms with Gasteiger partial charge in [-0.25, -0.2) is 4.79 Å². The quantitative estimate of drug-likeness (QED) is 0.573. The summed E-state index contributed by atoms with van der Waals surface area (Å²) in [5.41, 5.74) is 1.15. The summed E-state index contributed by atoms with van der Waals surface area (Å²) in [6, 6.07) is 6.58. The standard InChI is InChI=1S/C12H10O4/c1-7(13)8-3-4-10-9(5-8)6-11(16-10)12(14)15-2/h3-6H,1-2H3. The fourth-order valence-corrected chi connectivity index (χ4v) is 1.46. The Hall–Kier alpha value is -2.10. The maximum Gasteiger partial charge on any atom is 0.373 e. The molecule has 16 heavy (non-hydrogen) atoms. The Bertz CT molecular complexity index is 565. The van der Waals surface area contributed by atoms with Gasteiger partial charge in [-0.05, 0) is 31.2 Å². The fourth-order valence-electron chi connectivity index (χ4n) is 1.46. The Kier molecular flexibility index (Phi) is 2.48. The number of furan rings is 1. The van der Waals surface area contributed by atoms with E-state index < -0.39 is 5.97 Å². The second kappa shape index (κ2) is 3.81. The van der Waals surface area contributed by atoms with Gasteiger partial charge in [-0.3, -0.25) is 4.79 Å². The molecule has 0 aliphatic heterocycles. The zero-order valence-electron chi connectivity index (χ0n) is 8.94. The lowest BCUT2D eigenvalue weighted by Gasteiger charge is -1.93. The first-order chi connectivity index (χ1) is 7.61. The van der Waals surface area contributed by atoms with Crippen LogP contribution in [0.4, 0.5) is 0 Å². The molecule has 1 aromatic heterocycles. The fraction of sp³-hybridized carbons (Fsp3) is 0.167. The molecule has 1 heterocycles. The molecule has 0 spiro atoms. The van der Waals surface area contributed by atoms with Crippen LogP contribution in [0.3, 0.4) is 0 Å². The molecule has 0 N–H and O–H groups in total. The number of carbonyl (C=O) groups excluding carboxylic acids is 2. The smallest absolute Gasteiger partial charge is 0.373 e. The second-order valence-electron chi connectivity index (χ2n) is 3.41. The summed E-state index contributed by atoms with van der Waals surface area (Å²) in [6.07, 6.45) is 0. The van der Waals surface area contributed by atoms with Gasteiger partial charge < -0.3 is 9.15 Å². The van der Waals surface area contributed by atoms with Crippen LogP contribution in [-0.4, -0.2) is 18.9 Å². The maximum absolute atomic E-state index is 11.2. The van der Waals surface area contributed by atoms with E-state index in [1.165, 1.54) is 14.0 Å². The summed E-state index contributed by atoms with van der Waals surface area (Å²) in [6.45, 7) is 1.49. The molecule has 0 atom stereocenters. The Morgan fingerprint density at radius 2 is 2.00 bits per heavy atom. The monoisotopic (exact) mass is 218 g/mol. The predicted octanol–water partition coefficient (Wildman–Crippen LogP) is 2.42. The van der Waals surface area contributed by atoms with Gasteiger partial charge in [-0.15, -0.1) is 0 Å². The molecule has 4 nitrogen and oxygen atoms in total. The molecule has 0 radical (unpaired) electrons. The number of ketones is 1. The number of esters is 1. The van der Waals surface area contributed by atoms with Crippen LogP contribution in [-0.2, 0) is 4.74 Å². The van der Waals surface area contributed by atoms with Gasteiger partial charge >= 0.3 is 5.97 Å². The van der Waals surface area contributed by atoms with Crippen molar-refractivity contribution in [1.82, 2.24) is 0 Å². The van der Waals surface area contributed by atoms with Crippen LogP contribution in [0, 0.1) is 0 Å². The molecule has 0 fully saturated rings. The number of benzene rings is 1. The van der Waals surface area contributed by atoms with Gasteiger partial charge in [-0.2, -0.15) is 0 Å².